The van der Waals surface area contributed by atoms with Gasteiger partial charge in [-0.25, -0.2) is 4.98 Å². The summed E-state index contributed by atoms with van der Waals surface area (Å²) in [5.74, 6) is 2.13. The number of amides is 1. The topological polar surface area (TPSA) is 85.2 Å². The van der Waals surface area contributed by atoms with Crippen LogP contribution >= 0.6 is 0 Å². The molecule has 132 valence electrons. The number of carbonyl (C=O) groups excluding carboxylic acids is 1. The average molecular weight is 342 g/mol. The van der Waals surface area contributed by atoms with Crippen LogP contribution in [-0.4, -0.2) is 50.3 Å². The van der Waals surface area contributed by atoms with Crippen molar-refractivity contribution in [2.75, 3.05) is 13.7 Å². The Labute approximate surface area is 146 Å². The van der Waals surface area contributed by atoms with Gasteiger partial charge < -0.3 is 14.6 Å². The fourth-order valence-corrected chi connectivity index (χ4v) is 3.23. The van der Waals surface area contributed by atoms with Crippen molar-refractivity contribution in [1.29, 1.82) is 0 Å². The van der Waals surface area contributed by atoms with E-state index in [1.54, 1.807) is 7.11 Å². The summed E-state index contributed by atoms with van der Waals surface area (Å²) in [6, 6.07) is 5.55. The molecule has 1 N–H and O–H groups in total. The number of hydrogen-bond donors (Lipinski definition) is 1. The Morgan fingerprint density at radius 1 is 1.32 bits per heavy atom. The third-order valence-corrected chi connectivity index (χ3v) is 4.71. The lowest BCUT2D eigenvalue weighted by molar-refractivity contribution is -0.128. The Morgan fingerprint density at radius 2 is 2.16 bits per heavy atom. The van der Waals surface area contributed by atoms with Crippen molar-refractivity contribution in [2.45, 2.75) is 44.9 Å². The molecule has 0 saturated heterocycles. The number of hydrogen-bond acceptors (Lipinski definition) is 6. The maximum atomic E-state index is 12.9. The van der Waals surface area contributed by atoms with E-state index in [4.69, 9.17) is 4.74 Å². The molecule has 2 aliphatic rings. The zero-order valence-corrected chi connectivity index (χ0v) is 14.5. The first kappa shape index (κ1) is 16.0. The van der Waals surface area contributed by atoms with Gasteiger partial charge in [-0.3, -0.25) is 9.69 Å². The second-order valence-electron chi connectivity index (χ2n) is 6.58. The Balaban J connectivity index is 1.61. The van der Waals surface area contributed by atoms with Crippen LogP contribution in [0, 0.1) is 6.92 Å². The van der Waals surface area contributed by atoms with Crippen LogP contribution in [0.3, 0.4) is 0 Å². The number of pyridine rings is 1. The van der Waals surface area contributed by atoms with Crippen molar-refractivity contribution in [2.24, 2.45) is 0 Å². The summed E-state index contributed by atoms with van der Waals surface area (Å²) < 4.78 is 7.24. The molecular weight excluding hydrogens is 320 g/mol. The molecule has 3 heterocycles. The molecule has 1 fully saturated rings. The van der Waals surface area contributed by atoms with Gasteiger partial charge in [0.15, 0.2) is 11.9 Å². The summed E-state index contributed by atoms with van der Waals surface area (Å²) in [7, 11) is 1.60. The first-order valence-electron chi connectivity index (χ1n) is 8.60. The number of nitrogens with one attached hydrogen (secondary N) is 1. The zero-order valence-electron chi connectivity index (χ0n) is 14.5. The maximum absolute atomic E-state index is 12.9. The number of methoxy groups -OCH3 is 1. The van der Waals surface area contributed by atoms with E-state index >= 15 is 0 Å². The number of nitrogens with zero attached hydrogens (tertiary/aromatic N) is 5. The first-order valence-corrected chi connectivity index (χ1v) is 8.60. The summed E-state index contributed by atoms with van der Waals surface area (Å²) in [6.07, 6.45) is 2.11. The molecule has 0 spiro atoms. The molecule has 2 aromatic rings. The van der Waals surface area contributed by atoms with Crippen molar-refractivity contribution in [1.82, 2.24) is 30.0 Å². The molecule has 4 rings (SSSR count). The molecule has 0 bridgehead atoms. The number of aryl methyl sites for hydroxylation is 1. The molecule has 1 saturated carbocycles. The van der Waals surface area contributed by atoms with Crippen LogP contribution in [0.2, 0.25) is 0 Å². The maximum Gasteiger partial charge on any atom is 0.245 e. The third-order valence-electron chi connectivity index (χ3n) is 4.71. The normalized spacial score (nSPS) is 20.2. The summed E-state index contributed by atoms with van der Waals surface area (Å²) in [5, 5.41) is 11.5. The standard InChI is InChI=1S/C17H22N6O2/c1-11-20-21-16-15(17(24)19-12-6-7-12)22(8-9-23(11)16)10-13-4-3-5-14(18-13)25-2/h3-5,12,15H,6-10H2,1-2H3,(H,19,24). The fourth-order valence-electron chi connectivity index (χ4n) is 3.23. The highest BCUT2D eigenvalue weighted by atomic mass is 16.5. The predicted molar refractivity (Wildman–Crippen MR) is 89.9 cm³/mol. The lowest BCUT2D eigenvalue weighted by Crippen LogP contribution is -2.46. The van der Waals surface area contributed by atoms with Crippen molar-refractivity contribution in [3.8, 4) is 5.88 Å². The zero-order chi connectivity index (χ0) is 17.4. The largest absolute Gasteiger partial charge is 0.481 e. The van der Waals surface area contributed by atoms with E-state index < -0.39 is 6.04 Å². The molecule has 8 nitrogen and oxygen atoms in total. The van der Waals surface area contributed by atoms with E-state index in [-0.39, 0.29) is 5.91 Å². The van der Waals surface area contributed by atoms with Gasteiger partial charge in [0.05, 0.1) is 12.8 Å². The van der Waals surface area contributed by atoms with E-state index in [1.807, 2.05) is 29.7 Å². The highest BCUT2D eigenvalue weighted by Gasteiger charge is 2.38. The SMILES string of the molecule is COc1cccc(CN2CCn3c(C)nnc3C2C(=O)NC2CC2)n1. The number of carbonyl (C=O) groups is 1. The molecular formula is C17H22N6O2. The number of ether oxygens (including phenoxy) is 1. The second kappa shape index (κ2) is 6.44. The van der Waals surface area contributed by atoms with Crippen LogP contribution in [-0.2, 0) is 17.9 Å². The second-order valence-corrected chi connectivity index (χ2v) is 6.58. The third kappa shape index (κ3) is 3.21. The lowest BCUT2D eigenvalue weighted by atomic mass is 10.1. The molecule has 8 heteroatoms. The quantitative estimate of drug-likeness (QED) is 0.866. The van der Waals surface area contributed by atoms with Crippen LogP contribution in [0.25, 0.3) is 0 Å². The molecule has 2 aromatic heterocycles. The van der Waals surface area contributed by atoms with E-state index in [2.05, 4.69) is 25.4 Å². The molecule has 1 amide bonds. The monoisotopic (exact) mass is 342 g/mol. The van der Waals surface area contributed by atoms with E-state index in [9.17, 15) is 4.79 Å². The van der Waals surface area contributed by atoms with Crippen LogP contribution in [0.1, 0.15) is 36.2 Å². The highest BCUT2D eigenvalue weighted by molar-refractivity contribution is 5.83. The minimum atomic E-state index is -0.441. The van der Waals surface area contributed by atoms with Gasteiger partial charge in [-0.2, -0.15) is 0 Å². The highest BCUT2D eigenvalue weighted by Crippen LogP contribution is 2.28. The molecule has 1 atom stereocenters. The Kier molecular flexibility index (Phi) is 4.12. The Bertz CT molecular complexity index is 785. The summed E-state index contributed by atoms with van der Waals surface area (Å²) in [4.78, 5) is 19.5. The molecule has 25 heavy (non-hydrogen) atoms. The number of aromatic nitrogens is 4. The van der Waals surface area contributed by atoms with Crippen molar-refractivity contribution in [3.63, 3.8) is 0 Å². The van der Waals surface area contributed by atoms with Crippen LogP contribution in [0.5, 0.6) is 5.88 Å². The molecule has 1 aliphatic carbocycles. The van der Waals surface area contributed by atoms with E-state index in [0.717, 1.165) is 37.4 Å². The van der Waals surface area contributed by atoms with Gasteiger partial charge in [-0.1, -0.05) is 6.07 Å². The van der Waals surface area contributed by atoms with Crippen molar-refractivity contribution in [3.05, 3.63) is 35.5 Å². The minimum Gasteiger partial charge on any atom is -0.481 e. The first-order chi connectivity index (χ1) is 12.2. The predicted octanol–water partition coefficient (Wildman–Crippen LogP) is 0.826. The molecule has 0 aromatic carbocycles. The van der Waals surface area contributed by atoms with Gasteiger partial charge in [-0.05, 0) is 25.8 Å². The van der Waals surface area contributed by atoms with Crippen molar-refractivity contribution < 1.29 is 9.53 Å². The molecule has 1 aliphatic heterocycles. The Hall–Kier alpha value is -2.48. The smallest absolute Gasteiger partial charge is 0.245 e. The van der Waals surface area contributed by atoms with E-state index in [0.29, 0.717) is 24.3 Å². The van der Waals surface area contributed by atoms with Gasteiger partial charge in [0.2, 0.25) is 11.8 Å². The van der Waals surface area contributed by atoms with E-state index in [1.165, 1.54) is 0 Å². The fraction of sp³-hybridized carbons (Fsp3) is 0.529. The van der Waals surface area contributed by atoms with Gasteiger partial charge in [-0.15, -0.1) is 10.2 Å². The number of rotatable bonds is 5. The van der Waals surface area contributed by atoms with Gasteiger partial charge in [0.25, 0.3) is 0 Å². The number of fused-ring (bicyclic) bond motifs is 1. The van der Waals surface area contributed by atoms with Crippen LogP contribution < -0.4 is 10.1 Å². The van der Waals surface area contributed by atoms with Gasteiger partial charge >= 0.3 is 0 Å². The minimum absolute atomic E-state index is 0.00116. The Morgan fingerprint density at radius 3 is 2.92 bits per heavy atom. The lowest BCUT2D eigenvalue weighted by Gasteiger charge is -2.34. The van der Waals surface area contributed by atoms with Crippen molar-refractivity contribution >= 4 is 5.91 Å². The summed E-state index contributed by atoms with van der Waals surface area (Å²) in [6.45, 7) is 4.00. The molecule has 1 unspecified atom stereocenters. The summed E-state index contributed by atoms with van der Waals surface area (Å²) in [5.41, 5.74) is 0.869. The average Bonchev–Trinajstić information content (AvgIpc) is 3.36. The molecule has 0 radical (unpaired) electrons. The van der Waals surface area contributed by atoms with Crippen LogP contribution in [0.15, 0.2) is 18.2 Å². The van der Waals surface area contributed by atoms with Gasteiger partial charge in [0.1, 0.15) is 5.82 Å². The van der Waals surface area contributed by atoms with Gasteiger partial charge in [0, 0.05) is 31.7 Å². The summed E-state index contributed by atoms with van der Waals surface area (Å²) >= 11 is 0. The van der Waals surface area contributed by atoms with Crippen LogP contribution in [0.4, 0.5) is 0 Å².